The van der Waals surface area contributed by atoms with Gasteiger partial charge in [0, 0.05) is 18.8 Å². The van der Waals surface area contributed by atoms with Crippen molar-refractivity contribution in [3.8, 4) is 0 Å². The highest BCUT2D eigenvalue weighted by Crippen LogP contribution is 2.40. The number of fused-ring (bicyclic) bond motifs is 1. The Morgan fingerprint density at radius 1 is 1.22 bits per heavy atom. The van der Waals surface area contributed by atoms with E-state index in [1.165, 1.54) is 29.5 Å². The van der Waals surface area contributed by atoms with E-state index in [9.17, 15) is 19.5 Å². The Kier molecular flexibility index (Phi) is 8.61. The Morgan fingerprint density at radius 2 is 1.91 bits per heavy atom. The van der Waals surface area contributed by atoms with Crippen molar-refractivity contribution in [1.29, 1.82) is 0 Å². The van der Waals surface area contributed by atoms with Gasteiger partial charge in [0.05, 0.1) is 13.0 Å². The van der Waals surface area contributed by atoms with Crippen LogP contribution >= 0.6 is 11.8 Å². The number of hydrogen-bond donors (Lipinski definition) is 5. The molecule has 2 saturated heterocycles. The van der Waals surface area contributed by atoms with Crippen LogP contribution in [-0.2, 0) is 25.6 Å². The van der Waals surface area contributed by atoms with E-state index in [4.69, 9.17) is 11.1 Å². The number of nitrogens with two attached hydrogens (primary N) is 1. The molecule has 32 heavy (non-hydrogen) atoms. The fourth-order valence-corrected chi connectivity index (χ4v) is 5.05. The van der Waals surface area contributed by atoms with Crippen molar-refractivity contribution in [3.05, 3.63) is 47.2 Å². The van der Waals surface area contributed by atoms with Crippen molar-refractivity contribution in [3.63, 3.8) is 0 Å². The van der Waals surface area contributed by atoms with Crippen LogP contribution in [-0.4, -0.2) is 74.9 Å². The minimum atomic E-state index is -1.21. The van der Waals surface area contributed by atoms with Gasteiger partial charge in [0.15, 0.2) is 0 Å². The molecule has 0 spiro atoms. The van der Waals surface area contributed by atoms with Gasteiger partial charge in [-0.1, -0.05) is 30.3 Å². The molecule has 4 rings (SSSR count). The maximum Gasteiger partial charge on any atom is 0.352 e. The summed E-state index contributed by atoms with van der Waals surface area (Å²) in [6, 6.07) is 8.45. The minimum absolute atomic E-state index is 0.0594. The van der Waals surface area contributed by atoms with E-state index in [1.54, 1.807) is 5.01 Å². The van der Waals surface area contributed by atoms with Crippen LogP contribution in [0.25, 0.3) is 0 Å². The third kappa shape index (κ3) is 5.65. The van der Waals surface area contributed by atoms with Crippen LogP contribution in [0.5, 0.6) is 0 Å². The molecule has 0 aromatic heterocycles. The van der Waals surface area contributed by atoms with Crippen molar-refractivity contribution in [2.75, 3.05) is 25.4 Å². The topological polar surface area (TPSA) is 157 Å². The predicted molar refractivity (Wildman–Crippen MR) is 116 cm³/mol. The molecule has 3 heterocycles. The zero-order valence-electron chi connectivity index (χ0n) is 17.4. The molecule has 0 aliphatic carbocycles. The SMILES string of the molecule is NOCC1=C(C(=O)O)N2C(=O)C(NC(=O)Cc3ccccc3)C2SC1.ONN1CCCC1. The number of nitrogens with one attached hydrogen (secondary N) is 2. The van der Waals surface area contributed by atoms with Crippen molar-refractivity contribution < 1.29 is 29.5 Å². The highest BCUT2D eigenvalue weighted by Gasteiger charge is 2.54. The standard InChI is InChI=1S/C16H17N3O5S.C4H10N2O/c17-24-7-10-8-25-15-12(14(21)19(15)13(10)16(22)23)18-11(20)6-9-4-2-1-3-5-9;7-5-6-3-1-2-4-6/h1-5,12,15H,6-8,17H2,(H,18,20)(H,22,23);5,7H,1-4H2. The second-order valence-electron chi connectivity index (χ2n) is 7.48. The number of nitrogens with zero attached hydrogens (tertiary/aromatic N) is 2. The van der Waals surface area contributed by atoms with Crippen LogP contribution in [0.4, 0.5) is 0 Å². The molecule has 11 nitrogen and oxygen atoms in total. The van der Waals surface area contributed by atoms with Crippen LogP contribution in [0.3, 0.4) is 0 Å². The van der Waals surface area contributed by atoms with Crippen molar-refractivity contribution in [2.24, 2.45) is 5.90 Å². The van der Waals surface area contributed by atoms with E-state index in [0.717, 1.165) is 18.7 Å². The molecule has 3 aliphatic heterocycles. The lowest BCUT2D eigenvalue weighted by Crippen LogP contribution is -2.70. The van der Waals surface area contributed by atoms with Gasteiger partial charge in [-0.3, -0.25) is 14.5 Å². The minimum Gasteiger partial charge on any atom is -0.477 e. The smallest absolute Gasteiger partial charge is 0.352 e. The molecule has 0 saturated carbocycles. The lowest BCUT2D eigenvalue weighted by Gasteiger charge is -2.49. The van der Waals surface area contributed by atoms with Crippen molar-refractivity contribution >= 4 is 29.5 Å². The number of thioether (sulfide) groups is 1. The maximum atomic E-state index is 12.4. The molecule has 0 bridgehead atoms. The van der Waals surface area contributed by atoms with Crippen LogP contribution < -0.4 is 16.8 Å². The zero-order valence-corrected chi connectivity index (χ0v) is 18.2. The van der Waals surface area contributed by atoms with Gasteiger partial charge in [0.25, 0.3) is 5.91 Å². The van der Waals surface area contributed by atoms with Gasteiger partial charge in [-0.05, 0) is 24.0 Å². The number of carboxylic acids is 1. The van der Waals surface area contributed by atoms with Gasteiger partial charge < -0.3 is 20.5 Å². The molecule has 1 aromatic carbocycles. The largest absolute Gasteiger partial charge is 0.477 e. The lowest BCUT2D eigenvalue weighted by molar-refractivity contribution is -0.150. The van der Waals surface area contributed by atoms with Crippen LogP contribution in [0.2, 0.25) is 0 Å². The molecule has 2 amide bonds. The summed E-state index contributed by atoms with van der Waals surface area (Å²) < 4.78 is 0. The van der Waals surface area contributed by atoms with Gasteiger partial charge in [-0.15, -0.1) is 17.4 Å². The first kappa shape index (κ1) is 24.2. The number of rotatable bonds is 7. The van der Waals surface area contributed by atoms with E-state index in [2.05, 4.69) is 15.7 Å². The Morgan fingerprint density at radius 3 is 2.47 bits per heavy atom. The Labute approximate surface area is 189 Å². The Hall–Kier alpha value is -2.48. The van der Waals surface area contributed by atoms with E-state index in [0.29, 0.717) is 11.3 Å². The Balaban J connectivity index is 0.000000352. The van der Waals surface area contributed by atoms with Crippen LogP contribution in [0, 0.1) is 0 Å². The van der Waals surface area contributed by atoms with Gasteiger partial charge in [0.1, 0.15) is 17.1 Å². The molecule has 0 radical (unpaired) electrons. The van der Waals surface area contributed by atoms with Crippen molar-refractivity contribution in [2.45, 2.75) is 30.7 Å². The van der Waals surface area contributed by atoms with E-state index in [1.807, 2.05) is 30.3 Å². The maximum absolute atomic E-state index is 12.4. The van der Waals surface area contributed by atoms with Gasteiger partial charge in [-0.2, -0.15) is 0 Å². The number of benzene rings is 1. The van der Waals surface area contributed by atoms with Crippen LogP contribution in [0.1, 0.15) is 18.4 Å². The zero-order chi connectivity index (χ0) is 23.1. The number of hydrazine groups is 1. The van der Waals surface area contributed by atoms with Gasteiger partial charge in [-0.25, -0.2) is 15.7 Å². The highest BCUT2D eigenvalue weighted by atomic mass is 32.2. The third-order valence-electron chi connectivity index (χ3n) is 5.28. The number of β-lactam (4-membered cyclic amide) rings is 1. The number of aliphatic carboxylic acids is 1. The molecule has 12 heteroatoms. The molecule has 2 unspecified atom stereocenters. The second kappa shape index (κ2) is 11.4. The number of hydrogen-bond acceptors (Lipinski definition) is 9. The first-order valence-corrected chi connectivity index (χ1v) is 11.2. The first-order chi connectivity index (χ1) is 15.5. The summed E-state index contributed by atoms with van der Waals surface area (Å²) in [5.74, 6) is 3.47. The average molecular weight is 466 g/mol. The summed E-state index contributed by atoms with van der Waals surface area (Å²) in [6.07, 6.45) is 2.57. The molecule has 3 aliphatic rings. The highest BCUT2D eigenvalue weighted by molar-refractivity contribution is 8.00. The summed E-state index contributed by atoms with van der Waals surface area (Å²) in [5, 5.41) is 21.7. The number of carbonyl (C=O) groups is 3. The molecule has 2 fully saturated rings. The number of carbonyl (C=O) groups excluding carboxylic acids is 2. The third-order valence-corrected chi connectivity index (χ3v) is 6.62. The summed E-state index contributed by atoms with van der Waals surface area (Å²) in [5.41, 5.74) is 3.28. The summed E-state index contributed by atoms with van der Waals surface area (Å²) >= 11 is 1.38. The molecular formula is C20H27N5O6S. The van der Waals surface area contributed by atoms with Crippen molar-refractivity contribution in [1.82, 2.24) is 20.8 Å². The summed E-state index contributed by atoms with van der Waals surface area (Å²) in [4.78, 5) is 41.8. The molecule has 2 atom stereocenters. The quantitative estimate of drug-likeness (QED) is 0.271. The first-order valence-electron chi connectivity index (χ1n) is 10.2. The molecule has 174 valence electrons. The Bertz CT molecular complexity index is 861. The predicted octanol–water partition coefficient (Wildman–Crippen LogP) is -0.166. The monoisotopic (exact) mass is 465 g/mol. The van der Waals surface area contributed by atoms with E-state index in [-0.39, 0.29) is 24.6 Å². The summed E-state index contributed by atoms with van der Waals surface area (Å²) in [7, 11) is 0. The lowest BCUT2D eigenvalue weighted by atomic mass is 10.0. The fraction of sp³-hybridized carbons (Fsp3) is 0.450. The molecular weight excluding hydrogens is 438 g/mol. The van der Waals surface area contributed by atoms with Gasteiger partial charge >= 0.3 is 5.97 Å². The molecule has 6 N–H and O–H groups in total. The van der Waals surface area contributed by atoms with Crippen LogP contribution in [0.15, 0.2) is 41.6 Å². The van der Waals surface area contributed by atoms with E-state index >= 15 is 0 Å². The van der Waals surface area contributed by atoms with E-state index < -0.39 is 23.3 Å². The fourth-order valence-electron chi connectivity index (χ4n) is 3.72. The molecule has 1 aromatic rings. The normalized spacial score (nSPS) is 22.6. The van der Waals surface area contributed by atoms with Gasteiger partial charge in [0.2, 0.25) is 5.91 Å². The average Bonchev–Trinajstić information content (AvgIpc) is 3.32. The number of amides is 2. The number of carboxylic acid groups (broad SMARTS) is 1. The second-order valence-corrected chi connectivity index (χ2v) is 8.58. The summed E-state index contributed by atoms with van der Waals surface area (Å²) in [6.45, 7) is 1.91.